The fourth-order valence-corrected chi connectivity index (χ4v) is 0.665. The van der Waals surface area contributed by atoms with Gasteiger partial charge in [-0.3, -0.25) is 5.43 Å². The molecule has 7 heteroatoms. The number of hydrazone groups is 1. The van der Waals surface area contributed by atoms with Crippen LogP contribution in [0.3, 0.4) is 0 Å². The number of carboxylic acid groups (broad SMARTS) is 1. The Morgan fingerprint density at radius 2 is 2.29 bits per heavy atom. The summed E-state index contributed by atoms with van der Waals surface area (Å²) in [6.07, 6.45) is 0. The zero-order valence-corrected chi connectivity index (χ0v) is 7.99. The number of anilines is 1. The molecule has 0 spiro atoms. The molecule has 0 aliphatic rings. The van der Waals surface area contributed by atoms with Gasteiger partial charge >= 0.3 is 5.97 Å². The quantitative estimate of drug-likeness (QED) is 0.579. The minimum absolute atomic E-state index is 0.0678. The molecule has 0 saturated heterocycles. The number of hydrogen-bond acceptors (Lipinski definition) is 5. The van der Waals surface area contributed by atoms with Crippen molar-refractivity contribution in [3.63, 3.8) is 0 Å². The maximum Gasteiger partial charge on any atom is 0.351 e. The number of carboxylic acids is 1. The normalized spacial score (nSPS) is 11.1. The van der Waals surface area contributed by atoms with Crippen molar-refractivity contribution in [3.05, 3.63) is 17.3 Å². The van der Waals surface area contributed by atoms with Crippen molar-refractivity contribution in [3.8, 4) is 0 Å². The predicted octanol–water partition coefficient (Wildman–Crippen LogP) is 1.00. The lowest BCUT2D eigenvalue weighted by Gasteiger charge is -1.98. The predicted molar refractivity (Wildman–Crippen MR) is 51.4 cm³/mol. The number of rotatable bonds is 3. The van der Waals surface area contributed by atoms with E-state index in [-0.39, 0.29) is 10.9 Å². The van der Waals surface area contributed by atoms with Crippen molar-refractivity contribution in [1.82, 2.24) is 10.2 Å². The maximum absolute atomic E-state index is 10.3. The van der Waals surface area contributed by atoms with Crippen LogP contribution in [0.1, 0.15) is 6.92 Å². The van der Waals surface area contributed by atoms with E-state index in [2.05, 4.69) is 20.7 Å². The van der Waals surface area contributed by atoms with Gasteiger partial charge in [0.2, 0.25) is 0 Å². The van der Waals surface area contributed by atoms with Gasteiger partial charge in [-0.25, -0.2) is 4.79 Å². The van der Waals surface area contributed by atoms with Gasteiger partial charge in [0.15, 0.2) is 11.0 Å². The summed E-state index contributed by atoms with van der Waals surface area (Å²) in [5, 5.41) is 19.4. The first kappa shape index (κ1) is 10.4. The van der Waals surface area contributed by atoms with Crippen LogP contribution in [-0.2, 0) is 4.79 Å². The van der Waals surface area contributed by atoms with E-state index in [4.69, 9.17) is 16.7 Å². The highest BCUT2D eigenvalue weighted by Crippen LogP contribution is 2.05. The fourth-order valence-electron chi connectivity index (χ4n) is 0.565. The van der Waals surface area contributed by atoms with Crippen molar-refractivity contribution in [1.29, 1.82) is 0 Å². The zero-order valence-electron chi connectivity index (χ0n) is 7.23. The maximum atomic E-state index is 10.3. The van der Waals surface area contributed by atoms with Gasteiger partial charge in [-0.15, -0.1) is 10.2 Å². The van der Waals surface area contributed by atoms with Gasteiger partial charge in [-0.2, -0.15) is 5.10 Å². The highest BCUT2D eigenvalue weighted by molar-refractivity contribution is 6.34. The lowest BCUT2D eigenvalue weighted by atomic mass is 10.4. The average molecular weight is 215 g/mol. The van der Waals surface area contributed by atoms with Crippen molar-refractivity contribution >= 4 is 29.1 Å². The number of aromatic nitrogens is 2. The Morgan fingerprint density at radius 3 is 2.79 bits per heavy atom. The Morgan fingerprint density at radius 1 is 1.57 bits per heavy atom. The largest absolute Gasteiger partial charge is 0.477 e. The molecule has 0 aromatic carbocycles. The second kappa shape index (κ2) is 4.52. The molecule has 0 fully saturated rings. The first-order valence-corrected chi connectivity index (χ1v) is 4.00. The van der Waals surface area contributed by atoms with Crippen molar-refractivity contribution < 1.29 is 9.90 Å². The molecule has 0 aliphatic carbocycles. The molecule has 0 unspecified atom stereocenters. The van der Waals surface area contributed by atoms with Gasteiger partial charge in [0.05, 0.1) is 0 Å². The van der Waals surface area contributed by atoms with E-state index >= 15 is 0 Å². The first-order chi connectivity index (χ1) is 6.59. The summed E-state index contributed by atoms with van der Waals surface area (Å²) in [6.45, 7) is 1.36. The minimum atomic E-state index is -1.10. The van der Waals surface area contributed by atoms with Crippen LogP contribution in [0.5, 0.6) is 0 Å². The molecule has 14 heavy (non-hydrogen) atoms. The van der Waals surface area contributed by atoms with Crippen molar-refractivity contribution in [2.24, 2.45) is 5.10 Å². The fraction of sp³-hybridized carbons (Fsp3) is 0.143. The van der Waals surface area contributed by atoms with Crippen LogP contribution >= 0.6 is 11.6 Å². The molecule has 0 atom stereocenters. The topological polar surface area (TPSA) is 87.5 Å². The third-order valence-corrected chi connectivity index (χ3v) is 1.48. The van der Waals surface area contributed by atoms with Crippen LogP contribution in [0.15, 0.2) is 17.2 Å². The van der Waals surface area contributed by atoms with Gasteiger partial charge in [-0.1, -0.05) is 11.6 Å². The number of halogens is 1. The molecule has 0 aliphatic heterocycles. The molecule has 0 radical (unpaired) electrons. The third kappa shape index (κ3) is 2.98. The second-order valence-electron chi connectivity index (χ2n) is 2.36. The molecule has 1 aromatic rings. The van der Waals surface area contributed by atoms with Crippen LogP contribution in [0.25, 0.3) is 0 Å². The highest BCUT2D eigenvalue weighted by Gasteiger charge is 2.01. The summed E-state index contributed by atoms with van der Waals surface area (Å²) in [4.78, 5) is 10.3. The summed E-state index contributed by atoms with van der Waals surface area (Å²) >= 11 is 5.49. The third-order valence-electron chi connectivity index (χ3n) is 1.28. The Kier molecular flexibility index (Phi) is 3.35. The van der Waals surface area contributed by atoms with Gasteiger partial charge in [0.1, 0.15) is 5.71 Å². The van der Waals surface area contributed by atoms with E-state index < -0.39 is 5.97 Å². The van der Waals surface area contributed by atoms with E-state index in [0.717, 1.165) is 0 Å². The molecule has 0 saturated carbocycles. The van der Waals surface area contributed by atoms with Gasteiger partial charge < -0.3 is 5.11 Å². The van der Waals surface area contributed by atoms with Crippen LogP contribution in [0.2, 0.25) is 5.15 Å². The molecule has 74 valence electrons. The van der Waals surface area contributed by atoms with Crippen LogP contribution in [0, 0.1) is 0 Å². The van der Waals surface area contributed by atoms with E-state index in [1.54, 1.807) is 0 Å². The summed E-state index contributed by atoms with van der Waals surface area (Å²) in [5.74, 6) is -0.769. The molecule has 1 rings (SSSR count). The van der Waals surface area contributed by atoms with Crippen LogP contribution in [0.4, 0.5) is 5.82 Å². The number of aliphatic carboxylic acids is 1. The van der Waals surface area contributed by atoms with E-state index in [9.17, 15) is 4.79 Å². The lowest BCUT2D eigenvalue weighted by Crippen LogP contribution is -2.10. The lowest BCUT2D eigenvalue weighted by molar-refractivity contribution is -0.129. The first-order valence-electron chi connectivity index (χ1n) is 3.62. The summed E-state index contributed by atoms with van der Waals surface area (Å²) in [6, 6.07) is 3.05. The zero-order chi connectivity index (χ0) is 10.6. The Hall–Kier alpha value is -1.69. The van der Waals surface area contributed by atoms with Crippen LogP contribution < -0.4 is 5.43 Å². The molecular formula is C7H7ClN4O2. The van der Waals surface area contributed by atoms with E-state index in [1.807, 2.05) is 0 Å². The van der Waals surface area contributed by atoms with Gasteiger partial charge in [0, 0.05) is 0 Å². The van der Waals surface area contributed by atoms with Crippen molar-refractivity contribution in [2.75, 3.05) is 5.43 Å². The summed E-state index contributed by atoms with van der Waals surface area (Å²) < 4.78 is 0. The van der Waals surface area contributed by atoms with Crippen molar-refractivity contribution in [2.45, 2.75) is 6.92 Å². The molecule has 0 amide bonds. The Labute approximate surface area is 84.6 Å². The van der Waals surface area contributed by atoms with E-state index in [1.165, 1.54) is 19.1 Å². The Balaban J connectivity index is 2.66. The summed E-state index contributed by atoms with van der Waals surface area (Å²) in [5.41, 5.74) is 2.36. The standard InChI is InChI=1S/C7H7ClN4O2/c1-4(7(13)14)9-11-6-3-2-5(8)10-12-6/h2-3H,1H3,(H,11,12)(H,13,14)/b9-4+. The average Bonchev–Trinajstić information content (AvgIpc) is 2.16. The molecule has 1 heterocycles. The van der Waals surface area contributed by atoms with Gasteiger partial charge in [-0.05, 0) is 19.1 Å². The molecule has 1 aromatic heterocycles. The number of nitrogens with one attached hydrogen (secondary N) is 1. The van der Waals surface area contributed by atoms with E-state index in [0.29, 0.717) is 5.82 Å². The Bertz CT molecular complexity index is 362. The highest BCUT2D eigenvalue weighted by atomic mass is 35.5. The molecule has 0 bridgehead atoms. The number of hydrogen-bond donors (Lipinski definition) is 2. The van der Waals surface area contributed by atoms with Gasteiger partial charge in [0.25, 0.3) is 0 Å². The smallest absolute Gasteiger partial charge is 0.351 e. The number of carbonyl (C=O) groups is 1. The minimum Gasteiger partial charge on any atom is -0.477 e. The molecular weight excluding hydrogens is 208 g/mol. The number of nitrogens with zero attached hydrogens (tertiary/aromatic N) is 3. The summed E-state index contributed by atoms with van der Waals surface area (Å²) in [7, 11) is 0. The van der Waals surface area contributed by atoms with Crippen LogP contribution in [-0.4, -0.2) is 27.0 Å². The second-order valence-corrected chi connectivity index (χ2v) is 2.74. The SMILES string of the molecule is C/C(=N\Nc1ccc(Cl)nn1)C(=O)O. The molecule has 2 N–H and O–H groups in total. The molecule has 6 nitrogen and oxygen atoms in total. The monoisotopic (exact) mass is 214 g/mol.